The van der Waals surface area contributed by atoms with Crippen molar-refractivity contribution in [2.24, 2.45) is 0 Å². The number of hydrogen-bond donors (Lipinski definition) is 0. The Morgan fingerprint density at radius 3 is 0.591 bits per heavy atom. The summed E-state index contributed by atoms with van der Waals surface area (Å²) in [5.41, 5.74) is 0. The van der Waals surface area contributed by atoms with Gasteiger partial charge in [0.05, 0.1) is 13.2 Å². The quantitative estimate of drug-likeness (QED) is 0.0561. The van der Waals surface area contributed by atoms with Gasteiger partial charge in [0, 0.05) is 6.61 Å². The van der Waals surface area contributed by atoms with E-state index >= 15 is 0 Å². The standard InChI is InChI=1S/C50H122O22Si16/c1-44(2,3)74(24,25)54-82-61-81(53-73(22,23)40-38-39-51-41-43-42-52-43)62-83(55-75(26,27)45(4,5)6)66-85(64-82,57-77(30,31)47(10,11)12)70-88(60-80(36,37)50(19,20)21)71-86(65-82,58-78(32,33)48(13,14)15)67-84(63-81,56-76(28,29)46(7,8)9)69-87(68-83,72-88)59-79(34,35)49(16,17)18/h43H,38-42H2,1-37H3. The lowest BCUT2D eigenvalue weighted by molar-refractivity contribution is -0.131. The SMILES string of the molecule is CC(C)(C)[Si](C)(C)O[Si]12O[Si]3(O[Si](C)(C)CCCOCC4CO4)O[Si]4(O[Si](C)(C)C(C)(C)C)O[Si](O[Si](C)(C)C(C)(C)C)(O1)O[Si]1(O[Si](C)(C)C(C)(C)C)O[Si](O[Si](C)(C)C(C)(C)C)(O2)O[Si](O[Si](C)(C)C(C)(C)C)(O3)O[Si](O[Si](C)(C)C(C)(C)C)(O4)O1. The lowest BCUT2D eigenvalue weighted by atomic mass is 10.2. The molecule has 0 aromatic rings. The first-order chi connectivity index (χ1) is 38.5. The van der Waals surface area contributed by atoms with Crippen molar-refractivity contribution < 1.29 is 91.8 Å². The van der Waals surface area contributed by atoms with Crippen LogP contribution in [-0.2, 0) is 91.8 Å². The molecule has 7 heterocycles. The Hall–Kier alpha value is 2.59. The molecule has 7 saturated heterocycles. The van der Waals surface area contributed by atoms with Gasteiger partial charge in [0.2, 0.25) is 0 Å². The van der Waals surface area contributed by atoms with E-state index in [1.807, 2.05) is 0 Å². The summed E-state index contributed by atoms with van der Waals surface area (Å²) >= 11 is 0. The van der Waals surface area contributed by atoms with Crippen molar-refractivity contribution in [3.05, 3.63) is 0 Å². The molecule has 0 aromatic heterocycles. The number of ether oxygens (including phenoxy) is 2. The highest BCUT2D eigenvalue weighted by Crippen LogP contribution is 2.58. The smallest absolute Gasteiger partial charge is 0.395 e. The molecule has 0 N–H and O–H groups in total. The number of hydrogen-bond acceptors (Lipinski definition) is 22. The highest BCUT2D eigenvalue weighted by molar-refractivity contribution is 7.05. The Kier molecular flexibility index (Phi) is 21.8. The average Bonchev–Trinajstić information content (AvgIpc) is 2.42. The van der Waals surface area contributed by atoms with Crippen molar-refractivity contribution in [1.82, 2.24) is 0 Å². The van der Waals surface area contributed by atoms with Gasteiger partial charge in [-0.2, -0.15) is 0 Å². The molecule has 7 aliphatic heterocycles. The fraction of sp³-hybridized carbons (Fsp3) is 1.00. The summed E-state index contributed by atoms with van der Waals surface area (Å²) in [7, 11) is -69.9. The summed E-state index contributed by atoms with van der Waals surface area (Å²) in [4.78, 5) is 0. The topological polar surface area (TPSA) is 206 Å². The van der Waals surface area contributed by atoms with E-state index in [1.54, 1.807) is 0 Å². The van der Waals surface area contributed by atoms with E-state index in [9.17, 15) is 0 Å². The molecule has 22 nitrogen and oxygen atoms in total. The highest BCUT2D eigenvalue weighted by Gasteiger charge is 2.93. The maximum atomic E-state index is 8.13. The number of epoxide rings is 1. The van der Waals surface area contributed by atoms with Crippen LogP contribution >= 0.6 is 0 Å². The van der Waals surface area contributed by atoms with Crippen molar-refractivity contribution in [2.45, 2.75) is 304 Å². The Morgan fingerprint density at radius 2 is 0.443 bits per heavy atom. The van der Waals surface area contributed by atoms with Crippen LogP contribution in [0, 0.1) is 0 Å². The van der Waals surface area contributed by atoms with E-state index in [0.717, 1.165) is 0 Å². The zero-order valence-corrected chi connectivity index (χ0v) is 77.6. The summed E-state index contributed by atoms with van der Waals surface area (Å²) in [6.07, 6.45) is 0.708. The number of rotatable bonds is 22. The van der Waals surface area contributed by atoms with Crippen LogP contribution in [-0.4, -0.2) is 165 Å². The fourth-order valence-electron chi connectivity index (χ4n) is 7.46. The van der Waals surface area contributed by atoms with Gasteiger partial charge in [-0.05, 0) is 152 Å². The molecule has 1 unspecified atom stereocenters. The van der Waals surface area contributed by atoms with E-state index in [0.29, 0.717) is 32.3 Å². The first-order valence-corrected chi connectivity index (χ1v) is 68.2. The van der Waals surface area contributed by atoms with Crippen LogP contribution in [0.25, 0.3) is 0 Å². The molecule has 0 aliphatic carbocycles. The lowest BCUT2D eigenvalue weighted by Gasteiger charge is -2.62. The Labute approximate surface area is 550 Å². The van der Waals surface area contributed by atoms with Gasteiger partial charge in [-0.3, -0.25) is 0 Å². The molecule has 0 radical (unpaired) electrons. The molecular formula is C50H122O22Si16. The van der Waals surface area contributed by atoms with Crippen LogP contribution in [0.3, 0.4) is 0 Å². The normalized spacial score (nSPS) is 33.7. The van der Waals surface area contributed by atoms with Crippen LogP contribution in [0.2, 0.25) is 146 Å². The zero-order chi connectivity index (χ0) is 68.2. The minimum absolute atomic E-state index is 0.0984. The Bertz CT molecular complexity index is 2260. The minimum atomic E-state index is -5.45. The second-order valence-corrected chi connectivity index (χ2v) is 96.3. The third-order valence-electron chi connectivity index (χ3n) is 20.5. The first-order valence-electron chi connectivity index (χ1n) is 31.7. The monoisotopic (exact) mass is 1520 g/mol. The molecule has 7 aliphatic rings. The van der Waals surface area contributed by atoms with E-state index in [-0.39, 0.29) is 6.10 Å². The largest absolute Gasteiger partial charge is 0.651 e. The fourth-order valence-corrected chi connectivity index (χ4v) is 78.3. The Morgan fingerprint density at radius 1 is 0.284 bits per heavy atom. The van der Waals surface area contributed by atoms with Gasteiger partial charge in [0.15, 0.2) is 66.5 Å². The van der Waals surface area contributed by atoms with Gasteiger partial charge in [0.25, 0.3) is 0 Å². The van der Waals surface area contributed by atoms with Crippen molar-refractivity contribution in [3.63, 3.8) is 0 Å². The maximum absolute atomic E-state index is 8.13. The second kappa shape index (κ2) is 24.2. The van der Waals surface area contributed by atoms with E-state index in [4.69, 9.17) is 91.8 Å². The molecule has 0 saturated carbocycles. The van der Waals surface area contributed by atoms with Crippen LogP contribution < -0.4 is 0 Å². The van der Waals surface area contributed by atoms with E-state index in [2.05, 4.69) is 250 Å². The van der Waals surface area contributed by atoms with Gasteiger partial charge < -0.3 is 91.8 Å². The molecule has 0 aromatic carbocycles. The van der Waals surface area contributed by atoms with Crippen LogP contribution in [0.1, 0.15) is 152 Å². The third kappa shape index (κ3) is 17.4. The summed E-state index contributed by atoms with van der Waals surface area (Å²) in [6.45, 7) is 79.6. The van der Waals surface area contributed by atoms with Crippen molar-refractivity contribution >= 4 is 139 Å². The molecule has 0 amide bonds. The van der Waals surface area contributed by atoms with Crippen molar-refractivity contribution in [1.29, 1.82) is 0 Å². The van der Waals surface area contributed by atoms with Gasteiger partial charge in [-0.15, -0.1) is 0 Å². The van der Waals surface area contributed by atoms with Crippen molar-refractivity contribution in [2.75, 3.05) is 19.8 Å². The maximum Gasteiger partial charge on any atom is 0.651 e. The third-order valence-corrected chi connectivity index (χ3v) is 95.8. The molecule has 518 valence electrons. The van der Waals surface area contributed by atoms with Gasteiger partial charge in [-0.1, -0.05) is 145 Å². The molecule has 8 bridgehead atoms. The molecule has 38 heteroatoms. The van der Waals surface area contributed by atoms with Crippen LogP contribution in [0.4, 0.5) is 0 Å². The lowest BCUT2D eigenvalue weighted by Crippen LogP contribution is -2.93. The predicted octanol–water partition coefficient (Wildman–Crippen LogP) is 14.9. The van der Waals surface area contributed by atoms with Gasteiger partial charge >= 0.3 is 72.4 Å². The molecule has 7 rings (SSSR count). The second-order valence-electron chi connectivity index (χ2n) is 36.3. The van der Waals surface area contributed by atoms with E-state index in [1.165, 1.54) is 0 Å². The predicted molar refractivity (Wildman–Crippen MR) is 376 cm³/mol. The van der Waals surface area contributed by atoms with Crippen LogP contribution in [0.5, 0.6) is 0 Å². The van der Waals surface area contributed by atoms with Crippen LogP contribution in [0.15, 0.2) is 0 Å². The van der Waals surface area contributed by atoms with Crippen molar-refractivity contribution in [3.8, 4) is 0 Å². The molecule has 88 heavy (non-hydrogen) atoms. The molecule has 0 spiro atoms. The minimum Gasteiger partial charge on any atom is -0.395 e. The zero-order valence-electron chi connectivity index (χ0n) is 61.6. The van der Waals surface area contributed by atoms with Gasteiger partial charge in [-0.25, -0.2) is 0 Å². The molecule has 7 fully saturated rings. The summed E-state index contributed by atoms with van der Waals surface area (Å²) < 4.78 is 173. The average molecular weight is 1520 g/mol. The summed E-state index contributed by atoms with van der Waals surface area (Å²) in [6, 6.07) is 0.531. The summed E-state index contributed by atoms with van der Waals surface area (Å²) in [5.74, 6) is 0. The van der Waals surface area contributed by atoms with Gasteiger partial charge in [0.1, 0.15) is 6.10 Å². The Balaban J connectivity index is 1.98. The highest BCUT2D eigenvalue weighted by atomic mass is 28.7. The first kappa shape index (κ1) is 79.6. The molecule has 1 atom stereocenters. The summed E-state index contributed by atoms with van der Waals surface area (Å²) in [5, 5.41) is -3.77. The van der Waals surface area contributed by atoms with E-state index < -0.39 is 174 Å². The molecular weight excluding hydrogens is 1400 g/mol.